The van der Waals surface area contributed by atoms with Crippen LogP contribution in [0.5, 0.6) is 0 Å². The normalized spacial score (nSPS) is 15.5. The van der Waals surface area contributed by atoms with Gasteiger partial charge in [0.15, 0.2) is 0 Å². The van der Waals surface area contributed by atoms with Gasteiger partial charge in [-0.1, -0.05) is 62.4 Å². The van der Waals surface area contributed by atoms with Crippen LogP contribution < -0.4 is 10.9 Å². The zero-order valence-corrected chi connectivity index (χ0v) is 19.0. The van der Waals surface area contributed by atoms with Crippen molar-refractivity contribution >= 4 is 18.1 Å². The van der Waals surface area contributed by atoms with Gasteiger partial charge in [0.2, 0.25) is 0 Å². The molecule has 0 spiro atoms. The van der Waals surface area contributed by atoms with Crippen LogP contribution in [-0.2, 0) is 20.9 Å². The minimum atomic E-state index is -0.770. The second-order valence-corrected chi connectivity index (χ2v) is 9.02. The van der Waals surface area contributed by atoms with Crippen molar-refractivity contribution in [1.82, 2.24) is 15.8 Å². The van der Waals surface area contributed by atoms with Gasteiger partial charge in [-0.25, -0.2) is 15.0 Å². The molecule has 2 N–H and O–H groups in total. The number of hydrogen-bond donors (Lipinski definition) is 2. The number of nitrogens with zero attached hydrogens (tertiary/aromatic N) is 1. The number of likely N-dealkylation sites (N-methyl/N-ethyl adjacent to an activating group) is 1. The molecule has 31 heavy (non-hydrogen) atoms. The highest BCUT2D eigenvalue weighted by molar-refractivity contribution is 5.86. The van der Waals surface area contributed by atoms with E-state index in [1.165, 1.54) is 11.3 Å². The molecule has 0 heterocycles. The van der Waals surface area contributed by atoms with Crippen LogP contribution >= 0.6 is 0 Å². The molecule has 0 saturated heterocycles. The minimum absolute atomic E-state index is 0.0891. The molecule has 1 aliphatic carbocycles. The molecule has 8 heteroatoms. The summed E-state index contributed by atoms with van der Waals surface area (Å²) in [5.41, 5.74) is 4.83. The second kappa shape index (κ2) is 11.6. The molecule has 1 fully saturated rings. The molecule has 1 unspecified atom stereocenters. The number of benzene rings is 1. The average molecular weight is 434 g/mol. The first-order chi connectivity index (χ1) is 14.7. The summed E-state index contributed by atoms with van der Waals surface area (Å²) >= 11 is 0. The molecule has 1 atom stereocenters. The van der Waals surface area contributed by atoms with E-state index in [1.54, 1.807) is 27.8 Å². The summed E-state index contributed by atoms with van der Waals surface area (Å²) < 4.78 is 10.5. The number of ether oxygens (including phenoxy) is 2. The summed E-state index contributed by atoms with van der Waals surface area (Å²) in [7, 11) is 1.55. The second-order valence-electron chi connectivity index (χ2n) is 9.02. The molecule has 1 saturated carbocycles. The molecule has 172 valence electrons. The summed E-state index contributed by atoms with van der Waals surface area (Å²) in [6.07, 6.45) is 4.67. The van der Waals surface area contributed by atoms with Gasteiger partial charge in [0.1, 0.15) is 18.2 Å². The topological polar surface area (TPSA) is 97.0 Å². The lowest BCUT2D eigenvalue weighted by atomic mass is 9.84. The minimum Gasteiger partial charge on any atom is -0.444 e. The van der Waals surface area contributed by atoms with Crippen LogP contribution in [-0.4, -0.2) is 41.7 Å². The first-order valence-electron chi connectivity index (χ1n) is 10.9. The third-order valence-electron chi connectivity index (χ3n) is 5.23. The Morgan fingerprint density at radius 1 is 1.06 bits per heavy atom. The fraction of sp³-hybridized carbons (Fsp3) is 0.609. The van der Waals surface area contributed by atoms with Crippen molar-refractivity contribution in [3.63, 3.8) is 0 Å². The van der Waals surface area contributed by atoms with Crippen LogP contribution in [0.25, 0.3) is 0 Å². The van der Waals surface area contributed by atoms with Crippen molar-refractivity contribution in [1.29, 1.82) is 0 Å². The van der Waals surface area contributed by atoms with Gasteiger partial charge in [0.05, 0.1) is 0 Å². The van der Waals surface area contributed by atoms with Crippen LogP contribution in [0, 0.1) is 5.92 Å². The van der Waals surface area contributed by atoms with Crippen molar-refractivity contribution in [2.75, 3.05) is 7.05 Å². The van der Waals surface area contributed by atoms with Crippen molar-refractivity contribution < 1.29 is 23.9 Å². The Morgan fingerprint density at radius 3 is 2.32 bits per heavy atom. The summed E-state index contributed by atoms with van der Waals surface area (Å²) in [6.45, 7) is 5.42. The van der Waals surface area contributed by atoms with Gasteiger partial charge < -0.3 is 9.47 Å². The lowest BCUT2D eigenvalue weighted by Gasteiger charge is -2.33. The monoisotopic (exact) mass is 433 g/mol. The first-order valence-corrected chi connectivity index (χ1v) is 10.9. The number of hydrogen-bond acceptors (Lipinski definition) is 5. The van der Waals surface area contributed by atoms with Crippen LogP contribution in [0.2, 0.25) is 0 Å². The Labute approximate surface area is 184 Å². The largest absolute Gasteiger partial charge is 0.444 e. The van der Waals surface area contributed by atoms with Crippen molar-refractivity contribution in [3.8, 4) is 0 Å². The molecule has 0 aliphatic heterocycles. The zero-order valence-electron chi connectivity index (χ0n) is 19.0. The highest BCUT2D eigenvalue weighted by atomic mass is 16.6. The van der Waals surface area contributed by atoms with Gasteiger partial charge in [0.25, 0.3) is 5.91 Å². The van der Waals surface area contributed by atoms with Gasteiger partial charge in [0, 0.05) is 7.05 Å². The number of rotatable bonds is 6. The highest BCUT2D eigenvalue weighted by Gasteiger charge is 2.33. The maximum atomic E-state index is 12.9. The lowest BCUT2D eigenvalue weighted by Crippen LogP contribution is -2.54. The Morgan fingerprint density at radius 2 is 1.71 bits per heavy atom. The van der Waals surface area contributed by atoms with Gasteiger partial charge in [-0.15, -0.1) is 0 Å². The van der Waals surface area contributed by atoms with Crippen molar-refractivity contribution in [2.45, 2.75) is 77.5 Å². The number of amides is 3. The van der Waals surface area contributed by atoms with E-state index in [9.17, 15) is 14.4 Å². The molecule has 8 nitrogen and oxygen atoms in total. The number of nitrogens with one attached hydrogen (secondary N) is 2. The van der Waals surface area contributed by atoms with Crippen LogP contribution in [0.4, 0.5) is 9.59 Å². The van der Waals surface area contributed by atoms with Crippen molar-refractivity contribution in [2.24, 2.45) is 5.92 Å². The van der Waals surface area contributed by atoms with E-state index >= 15 is 0 Å². The van der Waals surface area contributed by atoms with Crippen LogP contribution in [0.3, 0.4) is 0 Å². The Kier molecular flexibility index (Phi) is 9.15. The Bertz CT molecular complexity index is 726. The summed E-state index contributed by atoms with van der Waals surface area (Å²) in [5.74, 6) is -0.130. The summed E-state index contributed by atoms with van der Waals surface area (Å²) in [6, 6.07) is 8.48. The molecule has 0 bridgehead atoms. The number of hydrazine groups is 1. The van der Waals surface area contributed by atoms with Gasteiger partial charge >= 0.3 is 12.2 Å². The molecule has 1 aromatic rings. The van der Waals surface area contributed by atoms with Crippen LogP contribution in [0.1, 0.15) is 64.9 Å². The molecular weight excluding hydrogens is 398 g/mol. The lowest BCUT2D eigenvalue weighted by molar-refractivity contribution is -0.127. The molecule has 0 aromatic heterocycles. The van der Waals surface area contributed by atoms with E-state index in [2.05, 4.69) is 10.9 Å². The Balaban J connectivity index is 1.94. The third kappa shape index (κ3) is 8.86. The summed E-state index contributed by atoms with van der Waals surface area (Å²) in [4.78, 5) is 38.7. The molecular formula is C23H35N3O5. The third-order valence-corrected chi connectivity index (χ3v) is 5.23. The predicted molar refractivity (Wildman–Crippen MR) is 117 cm³/mol. The zero-order chi connectivity index (χ0) is 22.9. The van der Waals surface area contributed by atoms with E-state index in [-0.39, 0.29) is 6.61 Å². The smallest absolute Gasteiger partial charge is 0.426 e. The quantitative estimate of drug-likeness (QED) is 0.657. The predicted octanol–water partition coefficient (Wildman–Crippen LogP) is 4.15. The van der Waals surface area contributed by atoms with E-state index in [0.29, 0.717) is 12.3 Å². The van der Waals surface area contributed by atoms with Gasteiger partial charge in [-0.05, 0) is 38.7 Å². The van der Waals surface area contributed by atoms with E-state index in [4.69, 9.17) is 9.47 Å². The molecule has 3 amide bonds. The standard InChI is InChI=1S/C23H35N3O5/c1-23(2,3)31-22(29)26(4)19(15-17-11-7-5-8-12-17)20(27)24-25-21(28)30-16-18-13-9-6-10-14-18/h6,9-10,13-14,17,19H,5,7-8,11-12,15-16H2,1-4H3,(H,24,27)(H,25,28). The van der Waals surface area contributed by atoms with E-state index in [1.807, 2.05) is 30.3 Å². The maximum absolute atomic E-state index is 12.9. The molecule has 2 rings (SSSR count). The summed E-state index contributed by atoms with van der Waals surface area (Å²) in [5, 5.41) is 0. The fourth-order valence-electron chi connectivity index (χ4n) is 3.60. The van der Waals surface area contributed by atoms with Gasteiger partial charge in [-0.3, -0.25) is 15.1 Å². The van der Waals surface area contributed by atoms with E-state index < -0.39 is 29.7 Å². The number of carbonyl (C=O) groups is 3. The highest BCUT2D eigenvalue weighted by Crippen LogP contribution is 2.29. The van der Waals surface area contributed by atoms with Crippen molar-refractivity contribution in [3.05, 3.63) is 35.9 Å². The molecule has 1 aliphatic rings. The van der Waals surface area contributed by atoms with E-state index in [0.717, 1.165) is 31.2 Å². The average Bonchev–Trinajstić information content (AvgIpc) is 2.74. The fourth-order valence-corrected chi connectivity index (χ4v) is 3.60. The van der Waals surface area contributed by atoms with Gasteiger partial charge in [-0.2, -0.15) is 0 Å². The number of carbonyl (C=O) groups excluding carboxylic acids is 3. The maximum Gasteiger partial charge on any atom is 0.426 e. The van der Waals surface area contributed by atoms with Crippen LogP contribution in [0.15, 0.2) is 30.3 Å². The Hall–Kier alpha value is -2.77. The first kappa shape index (κ1) is 24.5. The molecule has 1 aromatic carbocycles. The SMILES string of the molecule is CN(C(=O)OC(C)(C)C)C(CC1CCCCC1)C(=O)NNC(=O)OCc1ccccc1. The molecule has 0 radical (unpaired) electrons.